The fourth-order valence-corrected chi connectivity index (χ4v) is 3.34. The Bertz CT molecular complexity index is 641. The molecule has 0 saturated carbocycles. The first-order chi connectivity index (χ1) is 11.2. The standard InChI is InChI=1S/C17H19N3O2S/c21-15-3-1-14(2-4-15)19-9-11-20(12-10-19)17(22)13-23-16-5-7-18-8-6-16/h1-8,21H,9-13H2. The van der Waals surface area contributed by atoms with Crippen molar-refractivity contribution in [1.82, 2.24) is 9.88 Å². The molecule has 0 radical (unpaired) electrons. The fraction of sp³-hybridized carbons (Fsp3) is 0.294. The van der Waals surface area contributed by atoms with E-state index in [1.165, 1.54) is 0 Å². The number of phenols is 1. The van der Waals surface area contributed by atoms with Crippen LogP contribution in [0.1, 0.15) is 0 Å². The Kier molecular flexibility index (Phi) is 5.02. The molecular weight excluding hydrogens is 310 g/mol. The Morgan fingerprint density at radius 1 is 1.04 bits per heavy atom. The number of hydrogen-bond donors (Lipinski definition) is 1. The molecule has 0 spiro atoms. The molecule has 0 atom stereocenters. The van der Waals surface area contributed by atoms with E-state index in [0.717, 1.165) is 36.8 Å². The van der Waals surface area contributed by atoms with E-state index < -0.39 is 0 Å². The van der Waals surface area contributed by atoms with Gasteiger partial charge in [-0.15, -0.1) is 11.8 Å². The number of benzene rings is 1. The Balaban J connectivity index is 1.48. The number of rotatable bonds is 4. The number of anilines is 1. The van der Waals surface area contributed by atoms with Crippen molar-refractivity contribution in [1.29, 1.82) is 0 Å². The molecule has 6 heteroatoms. The molecule has 2 aromatic rings. The lowest BCUT2D eigenvalue weighted by atomic mass is 10.2. The van der Waals surface area contributed by atoms with Crippen molar-refractivity contribution < 1.29 is 9.90 Å². The van der Waals surface area contributed by atoms with Gasteiger partial charge in [0.05, 0.1) is 5.75 Å². The largest absolute Gasteiger partial charge is 0.508 e. The van der Waals surface area contributed by atoms with E-state index in [4.69, 9.17) is 0 Å². The molecule has 1 fully saturated rings. The monoisotopic (exact) mass is 329 g/mol. The summed E-state index contributed by atoms with van der Waals surface area (Å²) in [4.78, 5) is 21.5. The van der Waals surface area contributed by atoms with Gasteiger partial charge in [-0.05, 0) is 36.4 Å². The number of aromatic nitrogens is 1. The maximum Gasteiger partial charge on any atom is 0.233 e. The van der Waals surface area contributed by atoms with E-state index in [1.807, 2.05) is 29.2 Å². The summed E-state index contributed by atoms with van der Waals surface area (Å²) in [5.41, 5.74) is 1.08. The average Bonchev–Trinajstić information content (AvgIpc) is 2.61. The quantitative estimate of drug-likeness (QED) is 0.872. The first-order valence-corrected chi connectivity index (χ1v) is 8.55. The zero-order chi connectivity index (χ0) is 16.1. The molecule has 1 aliphatic rings. The third-order valence-electron chi connectivity index (χ3n) is 3.86. The summed E-state index contributed by atoms with van der Waals surface area (Å²) in [6.07, 6.45) is 3.48. The molecule has 1 N–H and O–H groups in total. The van der Waals surface area contributed by atoms with Gasteiger partial charge in [-0.3, -0.25) is 9.78 Å². The van der Waals surface area contributed by atoms with E-state index in [1.54, 1.807) is 36.3 Å². The Hall–Kier alpha value is -2.21. The molecule has 1 aromatic carbocycles. The van der Waals surface area contributed by atoms with Crippen molar-refractivity contribution in [2.24, 2.45) is 0 Å². The van der Waals surface area contributed by atoms with Gasteiger partial charge in [0.25, 0.3) is 0 Å². The summed E-state index contributed by atoms with van der Waals surface area (Å²) >= 11 is 1.55. The third kappa shape index (κ3) is 4.16. The van der Waals surface area contributed by atoms with Crippen LogP contribution in [0.4, 0.5) is 5.69 Å². The van der Waals surface area contributed by atoms with Crippen molar-refractivity contribution in [2.45, 2.75) is 4.90 Å². The van der Waals surface area contributed by atoms with Crippen LogP contribution in [-0.2, 0) is 4.79 Å². The van der Waals surface area contributed by atoms with Gasteiger partial charge in [0.15, 0.2) is 0 Å². The topological polar surface area (TPSA) is 56.7 Å². The molecule has 0 unspecified atom stereocenters. The number of aromatic hydroxyl groups is 1. The first-order valence-electron chi connectivity index (χ1n) is 7.57. The fourth-order valence-electron chi connectivity index (χ4n) is 2.55. The lowest BCUT2D eigenvalue weighted by Crippen LogP contribution is -2.49. The number of amides is 1. The van der Waals surface area contributed by atoms with E-state index in [2.05, 4.69) is 9.88 Å². The van der Waals surface area contributed by atoms with Crippen LogP contribution in [0.3, 0.4) is 0 Å². The van der Waals surface area contributed by atoms with Crippen LogP contribution in [0.2, 0.25) is 0 Å². The summed E-state index contributed by atoms with van der Waals surface area (Å²) in [6, 6.07) is 11.0. The summed E-state index contributed by atoms with van der Waals surface area (Å²) in [5, 5.41) is 9.35. The van der Waals surface area contributed by atoms with Gasteiger partial charge < -0.3 is 14.9 Å². The Morgan fingerprint density at radius 3 is 2.35 bits per heavy atom. The number of nitrogens with zero attached hydrogens (tertiary/aromatic N) is 3. The smallest absolute Gasteiger partial charge is 0.233 e. The maximum atomic E-state index is 12.3. The lowest BCUT2D eigenvalue weighted by molar-refractivity contribution is -0.128. The van der Waals surface area contributed by atoms with Crippen LogP contribution < -0.4 is 4.90 Å². The highest BCUT2D eigenvalue weighted by Crippen LogP contribution is 2.21. The van der Waals surface area contributed by atoms with Gasteiger partial charge in [0.1, 0.15) is 5.75 Å². The zero-order valence-corrected chi connectivity index (χ0v) is 13.6. The van der Waals surface area contributed by atoms with Crippen molar-refractivity contribution in [2.75, 3.05) is 36.8 Å². The number of pyridine rings is 1. The van der Waals surface area contributed by atoms with Crippen LogP contribution >= 0.6 is 11.8 Å². The molecule has 0 bridgehead atoms. The van der Waals surface area contributed by atoms with Crippen molar-refractivity contribution >= 4 is 23.4 Å². The highest BCUT2D eigenvalue weighted by molar-refractivity contribution is 8.00. The molecule has 23 heavy (non-hydrogen) atoms. The van der Waals surface area contributed by atoms with Crippen LogP contribution in [0.15, 0.2) is 53.7 Å². The third-order valence-corrected chi connectivity index (χ3v) is 4.86. The average molecular weight is 329 g/mol. The van der Waals surface area contributed by atoms with Gasteiger partial charge in [-0.2, -0.15) is 0 Å². The number of hydrogen-bond acceptors (Lipinski definition) is 5. The second-order valence-electron chi connectivity index (χ2n) is 5.36. The highest BCUT2D eigenvalue weighted by Gasteiger charge is 2.21. The predicted molar refractivity (Wildman–Crippen MR) is 91.9 cm³/mol. The molecular formula is C17H19N3O2S. The second kappa shape index (κ2) is 7.37. The Labute approximate surface area is 139 Å². The van der Waals surface area contributed by atoms with E-state index in [-0.39, 0.29) is 11.7 Å². The SMILES string of the molecule is O=C(CSc1ccncc1)N1CCN(c2ccc(O)cc2)CC1. The minimum absolute atomic E-state index is 0.178. The number of phenolic OH excluding ortho intramolecular Hbond substituents is 1. The van der Waals surface area contributed by atoms with Gasteiger partial charge in [0.2, 0.25) is 5.91 Å². The van der Waals surface area contributed by atoms with Crippen molar-refractivity contribution in [3.63, 3.8) is 0 Å². The molecule has 1 aliphatic heterocycles. The van der Waals surface area contributed by atoms with Gasteiger partial charge in [-0.1, -0.05) is 0 Å². The minimum atomic E-state index is 0.178. The second-order valence-corrected chi connectivity index (χ2v) is 6.40. The van der Waals surface area contributed by atoms with Crippen molar-refractivity contribution in [3.8, 4) is 5.75 Å². The maximum absolute atomic E-state index is 12.3. The van der Waals surface area contributed by atoms with Crippen LogP contribution in [-0.4, -0.2) is 52.8 Å². The molecule has 1 aromatic heterocycles. The molecule has 5 nitrogen and oxygen atoms in total. The normalized spacial score (nSPS) is 14.8. The number of carbonyl (C=O) groups is 1. The van der Waals surface area contributed by atoms with Gasteiger partial charge >= 0.3 is 0 Å². The van der Waals surface area contributed by atoms with Gasteiger partial charge in [-0.25, -0.2) is 0 Å². The summed E-state index contributed by atoms with van der Waals surface area (Å²) in [5.74, 6) is 0.913. The summed E-state index contributed by atoms with van der Waals surface area (Å²) < 4.78 is 0. The molecule has 3 rings (SSSR count). The predicted octanol–water partition coefficient (Wildman–Crippen LogP) is 2.23. The van der Waals surface area contributed by atoms with Crippen molar-refractivity contribution in [3.05, 3.63) is 48.8 Å². The molecule has 2 heterocycles. The van der Waals surface area contributed by atoms with E-state index >= 15 is 0 Å². The first kappa shape index (κ1) is 15.7. The molecule has 120 valence electrons. The Morgan fingerprint density at radius 2 is 1.70 bits per heavy atom. The molecule has 1 amide bonds. The summed E-state index contributed by atoms with van der Waals surface area (Å²) in [6.45, 7) is 3.10. The van der Waals surface area contributed by atoms with Crippen LogP contribution in [0.5, 0.6) is 5.75 Å². The van der Waals surface area contributed by atoms with E-state index in [0.29, 0.717) is 5.75 Å². The minimum Gasteiger partial charge on any atom is -0.508 e. The van der Waals surface area contributed by atoms with Crippen LogP contribution in [0, 0.1) is 0 Å². The number of thioether (sulfide) groups is 1. The van der Waals surface area contributed by atoms with Gasteiger partial charge in [0, 0.05) is 49.2 Å². The number of carbonyl (C=O) groups excluding carboxylic acids is 1. The number of piperazine rings is 1. The molecule has 1 saturated heterocycles. The summed E-state index contributed by atoms with van der Waals surface area (Å²) in [7, 11) is 0. The van der Waals surface area contributed by atoms with E-state index in [9.17, 15) is 9.90 Å². The lowest BCUT2D eigenvalue weighted by Gasteiger charge is -2.36. The van der Waals surface area contributed by atoms with Crippen LogP contribution in [0.25, 0.3) is 0 Å². The molecule has 0 aliphatic carbocycles. The zero-order valence-electron chi connectivity index (χ0n) is 12.8. The highest BCUT2D eigenvalue weighted by atomic mass is 32.2.